The van der Waals surface area contributed by atoms with E-state index in [1.165, 1.54) is 0 Å². The summed E-state index contributed by atoms with van der Waals surface area (Å²) in [7, 11) is 0. The summed E-state index contributed by atoms with van der Waals surface area (Å²) in [6.07, 6.45) is 3.59. The van der Waals surface area contributed by atoms with Crippen molar-refractivity contribution in [2.45, 2.75) is 66.0 Å². The topological polar surface area (TPSA) is 79.6 Å². The van der Waals surface area contributed by atoms with Gasteiger partial charge >= 0.3 is 6.09 Å². The third-order valence-corrected chi connectivity index (χ3v) is 2.88. The molecule has 21 heavy (non-hydrogen) atoms. The fraction of sp³-hybridized carbons (Fsp3) is 0.800. The van der Waals surface area contributed by atoms with Crippen molar-refractivity contribution in [3.63, 3.8) is 0 Å². The Morgan fingerprint density at radius 1 is 1.38 bits per heavy atom. The Hall–Kier alpha value is -1.43. The number of nitrogens with zero attached hydrogens (tertiary/aromatic N) is 1. The fourth-order valence-electron chi connectivity index (χ4n) is 2.02. The summed E-state index contributed by atoms with van der Waals surface area (Å²) in [6.45, 7) is 12.9. The van der Waals surface area contributed by atoms with Crippen LogP contribution >= 0.6 is 0 Å². The molecule has 1 fully saturated rings. The number of nitrogens with one attached hydrogen (secondary N) is 2. The van der Waals surface area contributed by atoms with E-state index in [-0.39, 0.29) is 12.1 Å². The van der Waals surface area contributed by atoms with Crippen LogP contribution in [-0.2, 0) is 4.74 Å². The third kappa shape index (κ3) is 7.80. The Morgan fingerprint density at radius 2 is 2.00 bits per heavy atom. The Bertz CT molecular complexity index is 337. The summed E-state index contributed by atoms with van der Waals surface area (Å²) in [4.78, 5) is 13.8. The quantitative estimate of drug-likeness (QED) is 0.550. The van der Waals surface area contributed by atoms with Crippen molar-refractivity contribution in [3.05, 3.63) is 11.9 Å². The third-order valence-electron chi connectivity index (χ3n) is 2.88. The summed E-state index contributed by atoms with van der Waals surface area (Å²) < 4.78 is 5.39. The number of likely N-dealkylation sites (tertiary alicyclic amines) is 1. The molecule has 0 spiro atoms. The van der Waals surface area contributed by atoms with Crippen molar-refractivity contribution in [2.75, 3.05) is 13.1 Å². The van der Waals surface area contributed by atoms with Gasteiger partial charge in [-0.3, -0.25) is 0 Å². The lowest BCUT2D eigenvalue weighted by Crippen LogP contribution is -2.50. The van der Waals surface area contributed by atoms with Crippen LogP contribution in [0.4, 0.5) is 4.79 Å². The summed E-state index contributed by atoms with van der Waals surface area (Å²) in [6, 6.07) is 0.198. The van der Waals surface area contributed by atoms with Gasteiger partial charge in [-0.1, -0.05) is 13.8 Å². The number of hydrogen-bond donors (Lipinski definition) is 3. The molecule has 1 atom stereocenters. The molecule has 1 heterocycles. The highest BCUT2D eigenvalue weighted by atomic mass is 16.6. The molecule has 6 nitrogen and oxygen atoms in total. The molecular weight excluding hydrogens is 268 g/mol. The number of carbonyl (C=O) groups is 1. The number of ether oxygens (including phenoxy) is 1. The fourth-order valence-corrected chi connectivity index (χ4v) is 2.02. The van der Waals surface area contributed by atoms with Crippen LogP contribution in [0.2, 0.25) is 0 Å². The zero-order chi connectivity index (χ0) is 16.5. The maximum Gasteiger partial charge on any atom is 0.410 e. The summed E-state index contributed by atoms with van der Waals surface area (Å²) in [5.41, 5.74) is 2.14. The van der Waals surface area contributed by atoms with Crippen LogP contribution < -0.4 is 16.6 Å². The lowest BCUT2D eigenvalue weighted by Gasteiger charge is -2.35. The first-order valence-corrected chi connectivity index (χ1v) is 7.73. The minimum absolute atomic E-state index is 0.198. The van der Waals surface area contributed by atoms with Gasteiger partial charge in [0.25, 0.3) is 0 Å². The van der Waals surface area contributed by atoms with Gasteiger partial charge in [0.05, 0.1) is 0 Å². The molecule has 0 aromatic heterocycles. The van der Waals surface area contributed by atoms with Crippen LogP contribution in [0.5, 0.6) is 0 Å². The highest BCUT2D eigenvalue weighted by molar-refractivity contribution is 5.68. The van der Waals surface area contributed by atoms with Crippen LogP contribution in [0.25, 0.3) is 0 Å². The maximum absolute atomic E-state index is 12.0. The molecule has 1 aliphatic heterocycles. The molecule has 1 unspecified atom stereocenters. The van der Waals surface area contributed by atoms with Crippen molar-refractivity contribution in [2.24, 2.45) is 5.84 Å². The van der Waals surface area contributed by atoms with Gasteiger partial charge in [-0.2, -0.15) is 0 Å². The molecule has 0 aliphatic carbocycles. The molecule has 1 aliphatic rings. The first-order chi connectivity index (χ1) is 9.85. The first-order valence-electron chi connectivity index (χ1n) is 7.73. The van der Waals surface area contributed by atoms with Crippen LogP contribution in [0.3, 0.4) is 0 Å². The predicted molar refractivity (Wildman–Crippen MR) is 86.4 cm³/mol. The van der Waals surface area contributed by atoms with Crippen LogP contribution in [-0.4, -0.2) is 35.7 Å². The van der Waals surface area contributed by atoms with Gasteiger partial charge in [0.15, 0.2) is 0 Å². The standard InChI is InChI=1S/C13H26N4O2.C2H6/c1-5-11(16-14)15-10-7-6-8-17(9-10)12(18)19-13(2,3)4;1-2/h5,10,15-16H,6-9,14H2,1-4H3;1-2H3/b11-5-;. The van der Waals surface area contributed by atoms with Gasteiger partial charge in [0, 0.05) is 19.1 Å². The SMILES string of the molecule is C/C=C(\NN)NC1CCCN(C(=O)OC(C)(C)C)C1.CC. The van der Waals surface area contributed by atoms with Gasteiger partial charge in [0.1, 0.15) is 11.4 Å². The lowest BCUT2D eigenvalue weighted by atomic mass is 10.1. The van der Waals surface area contributed by atoms with Crippen LogP contribution in [0.1, 0.15) is 54.4 Å². The van der Waals surface area contributed by atoms with Gasteiger partial charge in [-0.15, -0.1) is 0 Å². The van der Waals surface area contributed by atoms with E-state index in [9.17, 15) is 4.79 Å². The van der Waals surface area contributed by atoms with E-state index >= 15 is 0 Å². The molecule has 1 rings (SSSR count). The van der Waals surface area contributed by atoms with Crippen molar-refractivity contribution in [1.29, 1.82) is 0 Å². The number of hydrogen-bond acceptors (Lipinski definition) is 5. The van der Waals surface area contributed by atoms with Gasteiger partial charge < -0.3 is 20.4 Å². The van der Waals surface area contributed by atoms with Crippen LogP contribution in [0.15, 0.2) is 11.9 Å². The van der Waals surface area contributed by atoms with E-state index in [2.05, 4.69) is 10.7 Å². The Kier molecular flexibility index (Phi) is 8.85. The van der Waals surface area contributed by atoms with Crippen LogP contribution in [0, 0.1) is 0 Å². The second kappa shape index (κ2) is 9.50. The number of rotatable bonds is 3. The van der Waals surface area contributed by atoms with Gasteiger partial charge in [0.2, 0.25) is 0 Å². The number of hydrazine groups is 1. The molecule has 6 heteroatoms. The predicted octanol–water partition coefficient (Wildman–Crippen LogP) is 2.33. The highest BCUT2D eigenvalue weighted by Gasteiger charge is 2.27. The normalized spacial score (nSPS) is 19.3. The average molecular weight is 300 g/mol. The van der Waals surface area contributed by atoms with Crippen molar-refractivity contribution >= 4 is 6.09 Å². The minimum atomic E-state index is -0.454. The maximum atomic E-state index is 12.0. The smallest absolute Gasteiger partial charge is 0.410 e. The molecule has 1 saturated heterocycles. The number of amides is 1. The Labute approximate surface area is 129 Å². The largest absolute Gasteiger partial charge is 0.444 e. The molecule has 0 radical (unpaired) electrons. The zero-order valence-corrected chi connectivity index (χ0v) is 14.3. The summed E-state index contributed by atoms with van der Waals surface area (Å²) in [5, 5.41) is 3.28. The minimum Gasteiger partial charge on any atom is -0.444 e. The Morgan fingerprint density at radius 3 is 2.48 bits per heavy atom. The number of allylic oxidation sites excluding steroid dienone is 1. The van der Waals surface area contributed by atoms with Crippen molar-refractivity contribution < 1.29 is 9.53 Å². The lowest BCUT2D eigenvalue weighted by molar-refractivity contribution is 0.0190. The van der Waals surface area contributed by atoms with E-state index in [1.54, 1.807) is 4.90 Å². The van der Waals surface area contributed by atoms with E-state index in [0.29, 0.717) is 6.54 Å². The Balaban J connectivity index is 0.00000191. The number of nitrogens with two attached hydrogens (primary N) is 1. The number of carbonyl (C=O) groups excluding carboxylic acids is 1. The zero-order valence-electron chi connectivity index (χ0n) is 14.3. The highest BCUT2D eigenvalue weighted by Crippen LogP contribution is 2.15. The molecule has 0 bridgehead atoms. The molecule has 124 valence electrons. The molecular formula is C15H32N4O2. The summed E-state index contributed by atoms with van der Waals surface area (Å²) in [5.74, 6) is 6.17. The van der Waals surface area contributed by atoms with Gasteiger partial charge in [-0.05, 0) is 46.6 Å². The van der Waals surface area contributed by atoms with Crippen molar-refractivity contribution in [1.82, 2.24) is 15.6 Å². The van der Waals surface area contributed by atoms with E-state index in [4.69, 9.17) is 10.6 Å². The van der Waals surface area contributed by atoms with E-state index in [0.717, 1.165) is 25.2 Å². The van der Waals surface area contributed by atoms with Crippen molar-refractivity contribution in [3.8, 4) is 0 Å². The monoisotopic (exact) mass is 300 g/mol. The van der Waals surface area contributed by atoms with Gasteiger partial charge in [-0.25, -0.2) is 10.6 Å². The van der Waals surface area contributed by atoms with E-state index < -0.39 is 5.60 Å². The molecule has 0 aromatic rings. The molecule has 1 amide bonds. The average Bonchev–Trinajstić information content (AvgIpc) is 2.45. The molecule has 0 saturated carbocycles. The summed E-state index contributed by atoms with van der Waals surface area (Å²) >= 11 is 0. The second-order valence-electron chi connectivity index (χ2n) is 5.76. The van der Waals surface area contributed by atoms with E-state index in [1.807, 2.05) is 47.6 Å². The molecule has 0 aromatic carbocycles. The number of piperidine rings is 1. The second-order valence-corrected chi connectivity index (χ2v) is 5.76. The first kappa shape index (κ1) is 19.6. The molecule has 4 N–H and O–H groups in total.